The fraction of sp³-hybridized carbons (Fsp3) is 0.348. The van der Waals surface area contributed by atoms with Crippen LogP contribution in [0.2, 0.25) is 0 Å². The van der Waals surface area contributed by atoms with Gasteiger partial charge in [0.1, 0.15) is 11.5 Å². The molecule has 0 unspecified atom stereocenters. The highest BCUT2D eigenvalue weighted by Crippen LogP contribution is 2.36. The first-order valence-electron chi connectivity index (χ1n) is 9.99. The lowest BCUT2D eigenvalue weighted by Gasteiger charge is -2.31. The number of halogens is 3. The molecule has 3 rings (SSSR count). The maximum atomic E-state index is 13.2. The Labute approximate surface area is 179 Å². The Morgan fingerprint density at radius 2 is 1.77 bits per heavy atom. The Kier molecular flexibility index (Phi) is 7.09. The number of rotatable bonds is 6. The molecule has 1 aliphatic rings. The van der Waals surface area contributed by atoms with Crippen LogP contribution in [0.3, 0.4) is 0 Å². The van der Waals surface area contributed by atoms with Gasteiger partial charge in [0.25, 0.3) is 0 Å². The van der Waals surface area contributed by atoms with Gasteiger partial charge in [-0.25, -0.2) is 0 Å². The molecule has 0 saturated carbocycles. The van der Waals surface area contributed by atoms with Crippen molar-refractivity contribution in [2.75, 3.05) is 37.5 Å². The molecule has 0 atom stereocenters. The van der Waals surface area contributed by atoms with E-state index >= 15 is 0 Å². The number of methoxy groups -OCH3 is 2. The minimum atomic E-state index is -4.50. The Morgan fingerprint density at radius 3 is 2.42 bits per heavy atom. The molecule has 0 radical (unpaired) electrons. The van der Waals surface area contributed by atoms with Crippen molar-refractivity contribution in [3.63, 3.8) is 0 Å². The molecule has 1 aliphatic heterocycles. The standard InChI is InChI=1S/C23H25F3N2O3/c1-30-18-8-10-21(31-2)16(14-18)6-11-22(29)27-19-15-17(23(24,25)26)7-9-20(19)28-12-4-3-5-13-28/h6-11,14-15H,3-5,12-13H2,1-2H3,(H,27,29)/b11-6+. The van der Waals surface area contributed by atoms with E-state index in [4.69, 9.17) is 9.47 Å². The summed E-state index contributed by atoms with van der Waals surface area (Å²) in [7, 11) is 3.03. The van der Waals surface area contributed by atoms with E-state index in [-0.39, 0.29) is 5.69 Å². The summed E-state index contributed by atoms with van der Waals surface area (Å²) in [6.45, 7) is 1.48. The monoisotopic (exact) mass is 434 g/mol. The molecule has 5 nitrogen and oxygen atoms in total. The molecular weight excluding hydrogens is 409 g/mol. The SMILES string of the molecule is COc1ccc(OC)c(/C=C/C(=O)Nc2cc(C(F)(F)F)ccc2N2CCCCC2)c1. The Bertz CT molecular complexity index is 952. The minimum Gasteiger partial charge on any atom is -0.497 e. The van der Waals surface area contributed by atoms with Crippen molar-refractivity contribution in [2.24, 2.45) is 0 Å². The number of nitrogens with zero attached hydrogens (tertiary/aromatic N) is 1. The first-order chi connectivity index (χ1) is 14.8. The molecule has 2 aromatic carbocycles. The van der Waals surface area contributed by atoms with Crippen molar-refractivity contribution in [2.45, 2.75) is 25.4 Å². The van der Waals surface area contributed by atoms with Crippen molar-refractivity contribution in [3.05, 3.63) is 53.6 Å². The van der Waals surface area contributed by atoms with E-state index in [2.05, 4.69) is 5.32 Å². The molecule has 1 heterocycles. The van der Waals surface area contributed by atoms with Crippen molar-refractivity contribution in [1.29, 1.82) is 0 Å². The largest absolute Gasteiger partial charge is 0.497 e. The molecule has 1 fully saturated rings. The van der Waals surface area contributed by atoms with E-state index in [0.29, 0.717) is 22.7 Å². The molecule has 0 aliphatic carbocycles. The average molecular weight is 434 g/mol. The highest BCUT2D eigenvalue weighted by molar-refractivity contribution is 6.04. The highest BCUT2D eigenvalue weighted by Gasteiger charge is 2.31. The molecule has 31 heavy (non-hydrogen) atoms. The van der Waals surface area contributed by atoms with Gasteiger partial charge in [-0.1, -0.05) is 0 Å². The zero-order chi connectivity index (χ0) is 22.4. The zero-order valence-corrected chi connectivity index (χ0v) is 17.5. The van der Waals surface area contributed by atoms with Gasteiger partial charge in [0.15, 0.2) is 0 Å². The summed E-state index contributed by atoms with van der Waals surface area (Å²) in [5.74, 6) is 0.589. The number of benzene rings is 2. The normalized spacial score (nSPS) is 14.5. The van der Waals surface area contributed by atoms with Crippen LogP contribution in [0.25, 0.3) is 6.08 Å². The molecule has 0 bridgehead atoms. The van der Waals surface area contributed by atoms with Gasteiger partial charge in [0.05, 0.1) is 31.2 Å². The summed E-state index contributed by atoms with van der Waals surface area (Å²) in [5, 5.41) is 2.62. The Hall–Kier alpha value is -3.16. The van der Waals surface area contributed by atoms with Crippen LogP contribution >= 0.6 is 0 Å². The number of nitrogens with one attached hydrogen (secondary N) is 1. The van der Waals surface area contributed by atoms with Gasteiger partial charge in [0.2, 0.25) is 5.91 Å². The number of hydrogen-bond acceptors (Lipinski definition) is 4. The first-order valence-corrected chi connectivity index (χ1v) is 9.99. The van der Waals surface area contributed by atoms with Gasteiger partial charge in [-0.3, -0.25) is 4.79 Å². The van der Waals surface area contributed by atoms with Crippen molar-refractivity contribution in [3.8, 4) is 11.5 Å². The number of hydrogen-bond donors (Lipinski definition) is 1. The average Bonchev–Trinajstić information content (AvgIpc) is 2.77. The molecule has 1 N–H and O–H groups in total. The molecule has 2 aromatic rings. The van der Waals surface area contributed by atoms with E-state index in [0.717, 1.165) is 44.5 Å². The van der Waals surface area contributed by atoms with Crippen LogP contribution in [0.1, 0.15) is 30.4 Å². The number of carbonyl (C=O) groups excluding carboxylic acids is 1. The van der Waals surface area contributed by atoms with Crippen molar-refractivity contribution in [1.82, 2.24) is 0 Å². The minimum absolute atomic E-state index is 0.143. The number of ether oxygens (including phenoxy) is 2. The third-order valence-corrected chi connectivity index (χ3v) is 5.13. The number of amides is 1. The van der Waals surface area contributed by atoms with Crippen LogP contribution in [-0.2, 0) is 11.0 Å². The van der Waals surface area contributed by atoms with E-state index in [1.54, 1.807) is 18.2 Å². The quantitative estimate of drug-likeness (QED) is 0.622. The summed E-state index contributed by atoms with van der Waals surface area (Å²) in [4.78, 5) is 14.6. The number of anilines is 2. The van der Waals surface area contributed by atoms with Gasteiger partial charge >= 0.3 is 6.18 Å². The topological polar surface area (TPSA) is 50.8 Å². The van der Waals surface area contributed by atoms with Crippen LogP contribution in [-0.4, -0.2) is 33.2 Å². The van der Waals surface area contributed by atoms with Crippen LogP contribution in [0.5, 0.6) is 11.5 Å². The van der Waals surface area contributed by atoms with Crippen molar-refractivity contribution >= 4 is 23.4 Å². The molecule has 0 aromatic heterocycles. The van der Waals surface area contributed by atoms with E-state index in [1.165, 1.54) is 32.4 Å². The van der Waals surface area contributed by atoms with Crippen LogP contribution in [0, 0.1) is 0 Å². The van der Waals surface area contributed by atoms with Gasteiger partial charge in [0, 0.05) is 24.7 Å². The van der Waals surface area contributed by atoms with E-state index in [9.17, 15) is 18.0 Å². The third kappa shape index (κ3) is 5.71. The Morgan fingerprint density at radius 1 is 1.03 bits per heavy atom. The summed E-state index contributed by atoms with van der Waals surface area (Å²) in [5.41, 5.74) is 0.539. The second-order valence-corrected chi connectivity index (χ2v) is 7.21. The molecule has 1 amide bonds. The first kappa shape index (κ1) is 22.5. The van der Waals surface area contributed by atoms with Crippen LogP contribution < -0.4 is 19.7 Å². The predicted octanol–water partition coefficient (Wildman–Crippen LogP) is 5.36. The summed E-state index contributed by atoms with van der Waals surface area (Å²) in [6.07, 6.45) is 1.31. The van der Waals surface area contributed by atoms with Gasteiger partial charge in [-0.2, -0.15) is 13.2 Å². The lowest BCUT2D eigenvalue weighted by Crippen LogP contribution is -2.30. The highest BCUT2D eigenvalue weighted by atomic mass is 19.4. The summed E-state index contributed by atoms with van der Waals surface area (Å²) in [6, 6.07) is 8.60. The van der Waals surface area contributed by atoms with Gasteiger partial charge in [-0.05, 0) is 61.7 Å². The predicted molar refractivity (Wildman–Crippen MR) is 115 cm³/mol. The molecule has 8 heteroatoms. The van der Waals surface area contributed by atoms with Gasteiger partial charge in [-0.15, -0.1) is 0 Å². The fourth-order valence-electron chi connectivity index (χ4n) is 3.53. The number of alkyl halides is 3. The molecular formula is C23H25F3N2O3. The second-order valence-electron chi connectivity index (χ2n) is 7.21. The lowest BCUT2D eigenvalue weighted by molar-refractivity contribution is -0.137. The molecule has 1 saturated heterocycles. The van der Waals surface area contributed by atoms with Crippen LogP contribution in [0.4, 0.5) is 24.5 Å². The van der Waals surface area contributed by atoms with Gasteiger partial charge < -0.3 is 19.7 Å². The molecule has 166 valence electrons. The number of carbonyl (C=O) groups is 1. The summed E-state index contributed by atoms with van der Waals surface area (Å²) < 4.78 is 50.2. The van der Waals surface area contributed by atoms with Crippen molar-refractivity contribution < 1.29 is 27.4 Å². The maximum absolute atomic E-state index is 13.2. The van der Waals surface area contributed by atoms with E-state index in [1.807, 2.05) is 4.90 Å². The maximum Gasteiger partial charge on any atom is 0.416 e. The fourth-order valence-corrected chi connectivity index (χ4v) is 3.53. The molecule has 0 spiro atoms. The number of piperidine rings is 1. The second kappa shape index (κ2) is 9.76. The van der Waals surface area contributed by atoms with Crippen LogP contribution in [0.15, 0.2) is 42.5 Å². The summed E-state index contributed by atoms with van der Waals surface area (Å²) >= 11 is 0. The zero-order valence-electron chi connectivity index (χ0n) is 17.5. The Balaban J connectivity index is 1.86. The third-order valence-electron chi connectivity index (χ3n) is 5.13. The smallest absolute Gasteiger partial charge is 0.416 e. The van der Waals surface area contributed by atoms with E-state index < -0.39 is 17.6 Å². The lowest BCUT2D eigenvalue weighted by atomic mass is 10.1.